The smallest absolute Gasteiger partial charge is 0.306 e. The Bertz CT molecular complexity index is 804. The Morgan fingerprint density at radius 3 is 2.42 bits per heavy atom. The maximum atomic E-state index is 13.4. The highest BCUT2D eigenvalue weighted by Crippen LogP contribution is 2.45. The minimum absolute atomic E-state index is 0.219. The second-order valence-corrected chi connectivity index (χ2v) is 6.74. The molecule has 0 spiro atoms. The van der Waals surface area contributed by atoms with Crippen LogP contribution in [0.5, 0.6) is 0 Å². The SMILES string of the molecule is O=C(Nc1ccc(F)c([N+](=O)[O-])c1)C1(c2ccc(Br)cc2)CCC1. The minimum atomic E-state index is -0.927. The first kappa shape index (κ1) is 16.6. The third kappa shape index (κ3) is 2.91. The molecule has 1 fully saturated rings. The Labute approximate surface area is 146 Å². The van der Waals surface area contributed by atoms with Crippen LogP contribution in [-0.4, -0.2) is 10.8 Å². The molecular formula is C17H14BrFN2O3. The number of hydrogen-bond donors (Lipinski definition) is 1. The van der Waals surface area contributed by atoms with Gasteiger partial charge >= 0.3 is 5.69 Å². The van der Waals surface area contributed by atoms with E-state index in [1.54, 1.807) is 0 Å². The molecule has 0 unspecified atom stereocenters. The van der Waals surface area contributed by atoms with E-state index in [0.29, 0.717) is 12.8 Å². The summed E-state index contributed by atoms with van der Waals surface area (Å²) in [4.78, 5) is 22.8. The van der Waals surface area contributed by atoms with Gasteiger partial charge in [-0.15, -0.1) is 0 Å². The van der Waals surface area contributed by atoms with Crippen LogP contribution in [-0.2, 0) is 10.2 Å². The van der Waals surface area contributed by atoms with Crippen LogP contribution in [0.15, 0.2) is 46.9 Å². The summed E-state index contributed by atoms with van der Waals surface area (Å²) in [7, 11) is 0. The molecule has 0 aliphatic heterocycles. The predicted molar refractivity (Wildman–Crippen MR) is 91.4 cm³/mol. The van der Waals surface area contributed by atoms with Gasteiger partial charge in [0.15, 0.2) is 0 Å². The fourth-order valence-electron chi connectivity index (χ4n) is 2.93. The lowest BCUT2D eigenvalue weighted by Crippen LogP contribution is -2.46. The van der Waals surface area contributed by atoms with Crippen molar-refractivity contribution in [3.63, 3.8) is 0 Å². The lowest BCUT2D eigenvalue weighted by molar-refractivity contribution is -0.387. The van der Waals surface area contributed by atoms with Crippen molar-refractivity contribution >= 4 is 33.2 Å². The summed E-state index contributed by atoms with van der Waals surface area (Å²) in [5, 5.41) is 13.5. The maximum absolute atomic E-state index is 13.4. The number of amides is 1. The molecule has 3 rings (SSSR count). The number of benzene rings is 2. The summed E-state index contributed by atoms with van der Waals surface area (Å²) in [5.74, 6) is -1.15. The van der Waals surface area contributed by atoms with Crippen LogP contribution in [0.3, 0.4) is 0 Å². The Hall–Kier alpha value is -2.28. The van der Waals surface area contributed by atoms with Crippen molar-refractivity contribution in [2.45, 2.75) is 24.7 Å². The quantitative estimate of drug-likeness (QED) is 0.612. The number of hydrogen-bond acceptors (Lipinski definition) is 3. The monoisotopic (exact) mass is 392 g/mol. The molecule has 1 aliphatic rings. The Morgan fingerprint density at radius 2 is 1.88 bits per heavy atom. The van der Waals surface area contributed by atoms with E-state index < -0.39 is 21.8 Å². The molecule has 0 bridgehead atoms. The molecule has 0 heterocycles. The van der Waals surface area contributed by atoms with Gasteiger partial charge in [0, 0.05) is 16.2 Å². The van der Waals surface area contributed by atoms with Gasteiger partial charge in [-0.1, -0.05) is 34.5 Å². The second kappa shape index (κ2) is 6.32. The van der Waals surface area contributed by atoms with Crippen molar-refractivity contribution in [1.82, 2.24) is 0 Å². The summed E-state index contributed by atoms with van der Waals surface area (Å²) in [6.45, 7) is 0. The molecule has 2 aromatic carbocycles. The highest BCUT2D eigenvalue weighted by atomic mass is 79.9. The molecular weight excluding hydrogens is 379 g/mol. The summed E-state index contributed by atoms with van der Waals surface area (Å²) >= 11 is 3.37. The zero-order valence-electron chi connectivity index (χ0n) is 12.6. The number of halogens is 2. The second-order valence-electron chi connectivity index (χ2n) is 5.82. The van der Waals surface area contributed by atoms with E-state index in [9.17, 15) is 19.3 Å². The first-order valence-corrected chi connectivity index (χ1v) is 8.23. The number of nitrogens with zero attached hydrogens (tertiary/aromatic N) is 1. The average Bonchev–Trinajstić information content (AvgIpc) is 2.49. The summed E-state index contributed by atoms with van der Waals surface area (Å²) in [5.41, 5.74) is -0.161. The summed E-state index contributed by atoms with van der Waals surface area (Å²) < 4.78 is 14.3. The number of nitro groups is 1. The summed E-state index contributed by atoms with van der Waals surface area (Å²) in [6.07, 6.45) is 2.36. The predicted octanol–water partition coefficient (Wildman–Crippen LogP) is 4.56. The fourth-order valence-corrected chi connectivity index (χ4v) is 3.19. The number of nitrogens with one attached hydrogen (secondary N) is 1. The van der Waals surface area contributed by atoms with Crippen LogP contribution in [0, 0.1) is 15.9 Å². The molecule has 1 N–H and O–H groups in total. The highest BCUT2D eigenvalue weighted by molar-refractivity contribution is 9.10. The lowest BCUT2D eigenvalue weighted by atomic mass is 9.64. The van der Waals surface area contributed by atoms with E-state index in [1.165, 1.54) is 6.07 Å². The van der Waals surface area contributed by atoms with Crippen LogP contribution in [0.25, 0.3) is 0 Å². The van der Waals surface area contributed by atoms with E-state index in [-0.39, 0.29) is 11.6 Å². The third-order valence-corrected chi connectivity index (χ3v) is 4.97. The number of carbonyl (C=O) groups excluding carboxylic acids is 1. The molecule has 0 saturated heterocycles. The van der Waals surface area contributed by atoms with Crippen LogP contribution in [0.4, 0.5) is 15.8 Å². The molecule has 1 saturated carbocycles. The van der Waals surface area contributed by atoms with Gasteiger partial charge in [-0.3, -0.25) is 14.9 Å². The van der Waals surface area contributed by atoms with Gasteiger partial charge in [0.25, 0.3) is 0 Å². The van der Waals surface area contributed by atoms with Crippen LogP contribution >= 0.6 is 15.9 Å². The average molecular weight is 393 g/mol. The van der Waals surface area contributed by atoms with E-state index in [1.807, 2.05) is 24.3 Å². The van der Waals surface area contributed by atoms with Gasteiger partial charge in [0.05, 0.1) is 10.3 Å². The molecule has 0 atom stereocenters. The molecule has 1 amide bonds. The van der Waals surface area contributed by atoms with Crippen LogP contribution < -0.4 is 5.32 Å². The van der Waals surface area contributed by atoms with Crippen LogP contribution in [0.1, 0.15) is 24.8 Å². The molecule has 2 aromatic rings. The highest BCUT2D eigenvalue weighted by Gasteiger charge is 2.45. The van der Waals surface area contributed by atoms with Crippen molar-refractivity contribution < 1.29 is 14.1 Å². The first-order chi connectivity index (χ1) is 11.4. The van der Waals surface area contributed by atoms with Gasteiger partial charge < -0.3 is 5.32 Å². The number of nitro benzene ring substituents is 1. The zero-order chi connectivity index (χ0) is 17.3. The summed E-state index contributed by atoms with van der Waals surface area (Å²) in [6, 6.07) is 10.9. The largest absolute Gasteiger partial charge is 0.325 e. The van der Waals surface area contributed by atoms with E-state index in [2.05, 4.69) is 21.2 Å². The molecule has 7 heteroatoms. The third-order valence-electron chi connectivity index (χ3n) is 4.44. The molecule has 24 heavy (non-hydrogen) atoms. The van der Waals surface area contributed by atoms with E-state index in [4.69, 9.17) is 0 Å². The first-order valence-electron chi connectivity index (χ1n) is 7.44. The van der Waals surface area contributed by atoms with Gasteiger partial charge in [0.2, 0.25) is 11.7 Å². The van der Waals surface area contributed by atoms with Gasteiger partial charge in [0.1, 0.15) is 0 Å². The van der Waals surface area contributed by atoms with E-state index in [0.717, 1.165) is 28.6 Å². The van der Waals surface area contributed by atoms with Crippen molar-refractivity contribution in [3.8, 4) is 0 Å². The Kier molecular flexibility index (Phi) is 4.36. The van der Waals surface area contributed by atoms with Gasteiger partial charge in [-0.25, -0.2) is 0 Å². The molecule has 0 aromatic heterocycles. The molecule has 1 aliphatic carbocycles. The zero-order valence-corrected chi connectivity index (χ0v) is 14.2. The maximum Gasteiger partial charge on any atom is 0.306 e. The van der Waals surface area contributed by atoms with Gasteiger partial charge in [-0.2, -0.15) is 4.39 Å². The minimum Gasteiger partial charge on any atom is -0.325 e. The van der Waals surface area contributed by atoms with Crippen molar-refractivity contribution in [2.75, 3.05) is 5.32 Å². The number of anilines is 1. The van der Waals surface area contributed by atoms with Crippen molar-refractivity contribution in [1.29, 1.82) is 0 Å². The normalized spacial score (nSPS) is 15.4. The molecule has 0 radical (unpaired) electrons. The van der Waals surface area contributed by atoms with Crippen molar-refractivity contribution in [3.05, 3.63) is 68.4 Å². The molecule has 5 nitrogen and oxygen atoms in total. The van der Waals surface area contributed by atoms with Crippen molar-refractivity contribution in [2.24, 2.45) is 0 Å². The topological polar surface area (TPSA) is 72.2 Å². The number of carbonyl (C=O) groups is 1. The van der Waals surface area contributed by atoms with Gasteiger partial charge in [-0.05, 0) is 42.7 Å². The Morgan fingerprint density at radius 1 is 1.21 bits per heavy atom. The number of rotatable bonds is 4. The fraction of sp³-hybridized carbons (Fsp3) is 0.235. The standard InChI is InChI=1S/C17H14BrFN2O3/c18-12-4-2-11(3-5-12)17(8-1-9-17)16(22)20-13-6-7-14(19)15(10-13)21(23)24/h2-7,10H,1,8-9H2,(H,20,22). The lowest BCUT2D eigenvalue weighted by Gasteiger charge is -2.40. The van der Waals surface area contributed by atoms with E-state index >= 15 is 0 Å². The Balaban J connectivity index is 1.87. The molecule has 124 valence electrons. The van der Waals surface area contributed by atoms with Crippen LogP contribution in [0.2, 0.25) is 0 Å².